The smallest absolute Gasteiger partial charge is 0.194 e. The van der Waals surface area contributed by atoms with Gasteiger partial charge in [-0.15, -0.1) is 0 Å². The highest BCUT2D eigenvalue weighted by molar-refractivity contribution is 5.77. The molecule has 1 aromatic carbocycles. The van der Waals surface area contributed by atoms with Crippen LogP contribution in [0.1, 0.15) is 22.3 Å². The monoisotopic (exact) mass is 208 g/mol. The molecule has 0 saturated carbocycles. The molecule has 1 aliphatic rings. The quantitative estimate of drug-likeness (QED) is 0.558. The van der Waals surface area contributed by atoms with Gasteiger partial charge in [-0.1, -0.05) is 24.3 Å². The van der Waals surface area contributed by atoms with E-state index in [2.05, 4.69) is 4.89 Å². The van der Waals surface area contributed by atoms with Gasteiger partial charge in [-0.2, -0.15) is 0 Å². The summed E-state index contributed by atoms with van der Waals surface area (Å²) in [6, 6.07) is 7.49. The van der Waals surface area contributed by atoms with E-state index < -0.39 is 0 Å². The Morgan fingerprint density at radius 2 is 2.27 bits per heavy atom. The average Bonchev–Trinajstić information content (AvgIpc) is 2.79. The third-order valence-corrected chi connectivity index (χ3v) is 2.31. The summed E-state index contributed by atoms with van der Waals surface area (Å²) in [6.45, 7) is 0.181. The van der Waals surface area contributed by atoms with Crippen LogP contribution in [0.15, 0.2) is 24.3 Å². The first kappa shape index (κ1) is 10.3. The van der Waals surface area contributed by atoms with E-state index in [4.69, 9.17) is 9.62 Å². The van der Waals surface area contributed by atoms with Crippen molar-refractivity contribution in [2.45, 2.75) is 19.1 Å². The minimum atomic E-state index is -0.315. The number of carbonyl (C=O) groups is 1. The summed E-state index contributed by atoms with van der Waals surface area (Å²) in [4.78, 5) is 20.2. The molecule has 0 N–H and O–H groups in total. The van der Waals surface area contributed by atoms with Gasteiger partial charge >= 0.3 is 0 Å². The number of ether oxygens (including phenoxy) is 1. The van der Waals surface area contributed by atoms with Gasteiger partial charge in [0.1, 0.15) is 6.29 Å². The Labute approximate surface area is 87.7 Å². The van der Waals surface area contributed by atoms with Gasteiger partial charge in [0.2, 0.25) is 0 Å². The van der Waals surface area contributed by atoms with Crippen molar-refractivity contribution in [2.24, 2.45) is 0 Å². The Kier molecular flexibility index (Phi) is 3.45. The normalized spacial score (nSPS) is 20.4. The maximum Gasteiger partial charge on any atom is 0.194 e. The lowest BCUT2D eigenvalue weighted by Gasteiger charge is -2.07. The maximum atomic E-state index is 10.7. The molecule has 1 atom stereocenters. The molecule has 0 radical (unpaired) electrons. The molecular formula is C11H12O4. The van der Waals surface area contributed by atoms with Gasteiger partial charge in [-0.05, 0) is 12.0 Å². The second-order valence-electron chi connectivity index (χ2n) is 3.28. The zero-order chi connectivity index (χ0) is 10.5. The molecule has 1 saturated heterocycles. The molecule has 1 unspecified atom stereocenters. The van der Waals surface area contributed by atoms with Crippen LogP contribution in [-0.4, -0.2) is 19.4 Å². The van der Waals surface area contributed by atoms with Gasteiger partial charge in [-0.3, -0.25) is 4.79 Å². The second-order valence-corrected chi connectivity index (χ2v) is 3.28. The van der Waals surface area contributed by atoms with Crippen LogP contribution in [0.25, 0.3) is 0 Å². The number of rotatable bonds is 4. The Balaban J connectivity index is 1.94. The number of benzene rings is 1. The van der Waals surface area contributed by atoms with Crippen molar-refractivity contribution < 1.29 is 19.3 Å². The Hall–Kier alpha value is -1.23. The lowest BCUT2D eigenvalue weighted by atomic mass is 10.0. The summed E-state index contributed by atoms with van der Waals surface area (Å²) in [5, 5.41) is 0. The Morgan fingerprint density at radius 3 is 3.00 bits per heavy atom. The third kappa shape index (κ3) is 2.62. The summed E-state index contributed by atoms with van der Waals surface area (Å²) in [6.07, 6.45) is 1.97. The van der Waals surface area contributed by atoms with Crippen LogP contribution in [-0.2, 0) is 20.9 Å². The van der Waals surface area contributed by atoms with E-state index in [9.17, 15) is 4.79 Å². The van der Waals surface area contributed by atoms with Crippen molar-refractivity contribution in [3.8, 4) is 0 Å². The zero-order valence-electron chi connectivity index (χ0n) is 8.22. The number of aldehydes is 1. The zero-order valence-corrected chi connectivity index (χ0v) is 8.22. The van der Waals surface area contributed by atoms with Crippen molar-refractivity contribution in [3.63, 3.8) is 0 Å². The van der Waals surface area contributed by atoms with Crippen LogP contribution < -0.4 is 0 Å². The van der Waals surface area contributed by atoms with Gasteiger partial charge in [-0.25, -0.2) is 9.78 Å². The fraction of sp³-hybridized carbons (Fsp3) is 0.364. The maximum absolute atomic E-state index is 10.7. The van der Waals surface area contributed by atoms with Crippen molar-refractivity contribution in [1.29, 1.82) is 0 Å². The topological polar surface area (TPSA) is 44.8 Å². The first-order valence-electron chi connectivity index (χ1n) is 4.83. The van der Waals surface area contributed by atoms with Crippen molar-refractivity contribution in [3.05, 3.63) is 35.4 Å². The van der Waals surface area contributed by atoms with Crippen LogP contribution >= 0.6 is 0 Å². The summed E-state index contributed by atoms with van der Waals surface area (Å²) >= 11 is 0. The largest absolute Gasteiger partial charge is 0.320 e. The molecule has 1 aliphatic heterocycles. The highest BCUT2D eigenvalue weighted by Gasteiger charge is 2.17. The molecule has 4 nitrogen and oxygen atoms in total. The van der Waals surface area contributed by atoms with E-state index in [1.807, 2.05) is 18.2 Å². The van der Waals surface area contributed by atoms with Gasteiger partial charge in [0.15, 0.2) is 13.1 Å². The van der Waals surface area contributed by atoms with E-state index in [1.54, 1.807) is 6.07 Å². The molecule has 0 bridgehead atoms. The van der Waals surface area contributed by atoms with Crippen LogP contribution in [0.4, 0.5) is 0 Å². The molecule has 1 heterocycles. The third-order valence-electron chi connectivity index (χ3n) is 2.31. The van der Waals surface area contributed by atoms with Gasteiger partial charge in [0, 0.05) is 12.0 Å². The average molecular weight is 208 g/mol. The van der Waals surface area contributed by atoms with Gasteiger partial charge < -0.3 is 4.74 Å². The standard InChI is InChI=1S/C11H12O4/c12-7-10-4-2-1-3-9(10)5-6-11-13-8-14-15-11/h1-4,7,11H,5-6,8H2. The molecule has 0 amide bonds. The first-order valence-corrected chi connectivity index (χ1v) is 4.83. The lowest BCUT2D eigenvalue weighted by Crippen LogP contribution is -2.09. The summed E-state index contributed by atoms with van der Waals surface area (Å²) in [5.74, 6) is 0. The fourth-order valence-electron chi connectivity index (χ4n) is 1.52. The van der Waals surface area contributed by atoms with Crippen molar-refractivity contribution in [2.75, 3.05) is 6.79 Å². The summed E-state index contributed by atoms with van der Waals surface area (Å²) < 4.78 is 5.12. The molecule has 80 valence electrons. The van der Waals surface area contributed by atoms with Crippen LogP contribution in [0.5, 0.6) is 0 Å². The van der Waals surface area contributed by atoms with E-state index >= 15 is 0 Å². The molecular weight excluding hydrogens is 196 g/mol. The molecule has 0 aliphatic carbocycles. The molecule has 4 heteroatoms. The van der Waals surface area contributed by atoms with Crippen molar-refractivity contribution in [1.82, 2.24) is 0 Å². The van der Waals surface area contributed by atoms with Crippen LogP contribution in [0.2, 0.25) is 0 Å². The van der Waals surface area contributed by atoms with E-state index in [-0.39, 0.29) is 13.1 Å². The predicted octanol–water partition coefficient (Wildman–Crippen LogP) is 1.69. The van der Waals surface area contributed by atoms with E-state index in [0.29, 0.717) is 6.42 Å². The van der Waals surface area contributed by atoms with Crippen LogP contribution in [0.3, 0.4) is 0 Å². The Morgan fingerprint density at radius 1 is 1.40 bits per heavy atom. The number of carbonyl (C=O) groups excluding carboxylic acids is 1. The number of hydrogen-bond donors (Lipinski definition) is 0. The summed E-state index contributed by atoms with van der Waals surface area (Å²) in [5.41, 5.74) is 1.73. The number of hydrogen-bond acceptors (Lipinski definition) is 4. The minimum Gasteiger partial charge on any atom is -0.320 e. The van der Waals surface area contributed by atoms with E-state index in [0.717, 1.165) is 23.8 Å². The van der Waals surface area contributed by atoms with Gasteiger partial charge in [0.05, 0.1) is 0 Å². The van der Waals surface area contributed by atoms with E-state index in [1.165, 1.54) is 0 Å². The lowest BCUT2D eigenvalue weighted by molar-refractivity contribution is -0.277. The molecule has 1 aromatic rings. The molecule has 2 rings (SSSR count). The highest BCUT2D eigenvalue weighted by Crippen LogP contribution is 2.15. The fourth-order valence-corrected chi connectivity index (χ4v) is 1.52. The van der Waals surface area contributed by atoms with Crippen molar-refractivity contribution >= 4 is 6.29 Å². The summed E-state index contributed by atoms with van der Waals surface area (Å²) in [7, 11) is 0. The SMILES string of the molecule is O=Cc1ccccc1CCC1OCOO1. The first-order chi connectivity index (χ1) is 7.40. The number of aryl methyl sites for hydroxylation is 1. The Bertz CT molecular complexity index is 331. The molecule has 0 spiro atoms. The van der Waals surface area contributed by atoms with Crippen LogP contribution in [0, 0.1) is 0 Å². The predicted molar refractivity (Wildman–Crippen MR) is 52.1 cm³/mol. The molecule has 1 fully saturated rings. The molecule has 0 aromatic heterocycles. The highest BCUT2D eigenvalue weighted by atomic mass is 17.3. The minimum absolute atomic E-state index is 0.181. The molecule has 15 heavy (non-hydrogen) atoms. The van der Waals surface area contributed by atoms with Gasteiger partial charge in [0.25, 0.3) is 0 Å². The second kappa shape index (κ2) is 5.02.